The fourth-order valence-electron chi connectivity index (χ4n) is 2.29. The third-order valence-corrected chi connectivity index (χ3v) is 3.18. The Morgan fingerprint density at radius 1 is 1.05 bits per heavy atom. The normalized spacial score (nSPS) is 10.8. The van der Waals surface area contributed by atoms with Gasteiger partial charge >= 0.3 is 0 Å². The maximum atomic E-state index is 13.8. The van der Waals surface area contributed by atoms with E-state index in [1.807, 2.05) is 31.2 Å². The van der Waals surface area contributed by atoms with Gasteiger partial charge in [0.15, 0.2) is 0 Å². The highest BCUT2D eigenvalue weighted by Gasteiger charge is 2.10. The number of aryl methyl sites for hydroxylation is 1. The average molecular weight is 252 g/mol. The van der Waals surface area contributed by atoms with Gasteiger partial charge in [-0.3, -0.25) is 4.98 Å². The summed E-state index contributed by atoms with van der Waals surface area (Å²) in [5, 5.41) is 1.41. The van der Waals surface area contributed by atoms with Crippen LogP contribution in [0, 0.1) is 12.7 Å². The van der Waals surface area contributed by atoms with Crippen molar-refractivity contribution in [3.63, 3.8) is 0 Å². The molecular weight excluding hydrogens is 239 g/mol. The number of rotatable bonds is 1. The summed E-state index contributed by atoms with van der Waals surface area (Å²) >= 11 is 0. The number of hydrogen-bond acceptors (Lipinski definition) is 2. The van der Waals surface area contributed by atoms with Crippen LogP contribution >= 0.6 is 0 Å². The monoisotopic (exact) mass is 252 g/mol. The molecule has 0 unspecified atom stereocenters. The van der Waals surface area contributed by atoms with E-state index in [4.69, 9.17) is 5.73 Å². The van der Waals surface area contributed by atoms with Gasteiger partial charge < -0.3 is 5.73 Å². The first-order valence-corrected chi connectivity index (χ1v) is 6.06. The van der Waals surface area contributed by atoms with E-state index < -0.39 is 0 Å². The number of nitrogen functional groups attached to an aromatic ring is 1. The van der Waals surface area contributed by atoms with Crippen molar-refractivity contribution in [3.8, 4) is 11.3 Å². The van der Waals surface area contributed by atoms with Crippen LogP contribution in [0.3, 0.4) is 0 Å². The number of nitrogens with zero attached hydrogens (tertiary/aromatic N) is 1. The average Bonchev–Trinajstić information content (AvgIpc) is 2.41. The molecule has 0 amide bonds. The Kier molecular flexibility index (Phi) is 2.67. The second-order valence-corrected chi connectivity index (χ2v) is 4.59. The molecule has 2 N–H and O–H groups in total. The number of nitrogens with two attached hydrogens (primary N) is 1. The highest BCUT2D eigenvalue weighted by atomic mass is 19.1. The summed E-state index contributed by atoms with van der Waals surface area (Å²) in [6.45, 7) is 1.94. The van der Waals surface area contributed by atoms with Gasteiger partial charge in [0.2, 0.25) is 0 Å². The lowest BCUT2D eigenvalue weighted by Crippen LogP contribution is -1.95. The quantitative estimate of drug-likeness (QED) is 0.712. The molecule has 0 aliphatic heterocycles. The zero-order chi connectivity index (χ0) is 13.4. The van der Waals surface area contributed by atoms with Crippen LogP contribution in [0.5, 0.6) is 0 Å². The third kappa shape index (κ3) is 1.93. The molecule has 0 aliphatic carbocycles. The molecule has 3 aromatic rings. The zero-order valence-corrected chi connectivity index (χ0v) is 10.5. The SMILES string of the molecule is Cc1cnc(-c2ccc(F)c3ccccc23)c(N)c1. The van der Waals surface area contributed by atoms with Crippen LogP contribution in [-0.2, 0) is 0 Å². The van der Waals surface area contributed by atoms with Crippen LogP contribution in [0.15, 0.2) is 48.7 Å². The van der Waals surface area contributed by atoms with Gasteiger partial charge in [0.05, 0.1) is 11.4 Å². The minimum Gasteiger partial charge on any atom is -0.397 e. The van der Waals surface area contributed by atoms with Crippen molar-refractivity contribution in [3.05, 3.63) is 60.0 Å². The highest BCUT2D eigenvalue weighted by Crippen LogP contribution is 2.32. The largest absolute Gasteiger partial charge is 0.397 e. The van der Waals surface area contributed by atoms with Crippen molar-refractivity contribution in [1.82, 2.24) is 4.98 Å². The summed E-state index contributed by atoms with van der Waals surface area (Å²) in [6.07, 6.45) is 1.77. The molecular formula is C16H13FN2. The van der Waals surface area contributed by atoms with Crippen molar-refractivity contribution in [1.29, 1.82) is 0 Å². The van der Waals surface area contributed by atoms with Gasteiger partial charge in [-0.05, 0) is 36.1 Å². The van der Waals surface area contributed by atoms with Crippen molar-refractivity contribution in [2.75, 3.05) is 5.73 Å². The van der Waals surface area contributed by atoms with Crippen molar-refractivity contribution in [2.24, 2.45) is 0 Å². The Morgan fingerprint density at radius 3 is 2.53 bits per heavy atom. The third-order valence-electron chi connectivity index (χ3n) is 3.18. The van der Waals surface area contributed by atoms with Crippen LogP contribution in [0.25, 0.3) is 22.0 Å². The molecule has 2 aromatic carbocycles. The van der Waals surface area contributed by atoms with E-state index in [2.05, 4.69) is 4.98 Å². The Labute approximate surface area is 110 Å². The molecule has 0 saturated carbocycles. The van der Waals surface area contributed by atoms with Gasteiger partial charge in [-0.15, -0.1) is 0 Å². The molecule has 2 nitrogen and oxygen atoms in total. The summed E-state index contributed by atoms with van der Waals surface area (Å²) in [5.41, 5.74) is 9.19. The maximum Gasteiger partial charge on any atom is 0.131 e. The van der Waals surface area contributed by atoms with Gasteiger partial charge in [0.25, 0.3) is 0 Å². The Hall–Kier alpha value is -2.42. The topological polar surface area (TPSA) is 38.9 Å². The number of pyridine rings is 1. The lowest BCUT2D eigenvalue weighted by atomic mass is 10.00. The van der Waals surface area contributed by atoms with E-state index in [-0.39, 0.29) is 5.82 Å². The number of aromatic nitrogens is 1. The molecule has 1 heterocycles. The van der Waals surface area contributed by atoms with Crippen molar-refractivity contribution in [2.45, 2.75) is 6.92 Å². The van der Waals surface area contributed by atoms with E-state index in [0.717, 1.165) is 16.5 Å². The molecule has 3 heteroatoms. The lowest BCUT2D eigenvalue weighted by molar-refractivity contribution is 0.640. The first kappa shape index (κ1) is 11.7. The number of halogens is 1. The molecule has 0 atom stereocenters. The summed E-state index contributed by atoms with van der Waals surface area (Å²) in [4.78, 5) is 4.38. The van der Waals surface area contributed by atoms with E-state index in [1.165, 1.54) is 6.07 Å². The summed E-state index contributed by atoms with van der Waals surface area (Å²) in [5.74, 6) is -0.231. The molecule has 94 valence electrons. The molecule has 1 aromatic heterocycles. The number of hydrogen-bond donors (Lipinski definition) is 1. The maximum absolute atomic E-state index is 13.8. The molecule has 19 heavy (non-hydrogen) atoms. The second kappa shape index (κ2) is 4.35. The van der Waals surface area contributed by atoms with Crippen LogP contribution in [0.4, 0.5) is 10.1 Å². The lowest BCUT2D eigenvalue weighted by Gasteiger charge is -2.09. The fraction of sp³-hybridized carbons (Fsp3) is 0.0625. The molecule has 0 fully saturated rings. The van der Waals surface area contributed by atoms with Gasteiger partial charge in [0, 0.05) is 17.1 Å². The molecule has 0 spiro atoms. The Morgan fingerprint density at radius 2 is 1.79 bits per heavy atom. The van der Waals surface area contributed by atoms with Gasteiger partial charge in [-0.1, -0.05) is 24.3 Å². The number of benzene rings is 2. The van der Waals surface area contributed by atoms with E-state index in [0.29, 0.717) is 16.8 Å². The number of fused-ring (bicyclic) bond motifs is 1. The smallest absolute Gasteiger partial charge is 0.131 e. The number of anilines is 1. The summed E-state index contributed by atoms with van der Waals surface area (Å²) in [6, 6.07) is 12.4. The molecule has 0 aliphatic rings. The van der Waals surface area contributed by atoms with Crippen LogP contribution in [-0.4, -0.2) is 4.98 Å². The summed E-state index contributed by atoms with van der Waals surface area (Å²) in [7, 11) is 0. The molecule has 0 radical (unpaired) electrons. The highest BCUT2D eigenvalue weighted by molar-refractivity contribution is 5.98. The predicted molar refractivity (Wildman–Crippen MR) is 76.3 cm³/mol. The van der Waals surface area contributed by atoms with E-state index in [1.54, 1.807) is 18.3 Å². The van der Waals surface area contributed by atoms with Crippen molar-refractivity contribution < 1.29 is 4.39 Å². The Balaban J connectivity index is 2.34. The van der Waals surface area contributed by atoms with Crippen LogP contribution in [0.2, 0.25) is 0 Å². The summed E-state index contributed by atoms with van der Waals surface area (Å²) < 4.78 is 13.8. The van der Waals surface area contributed by atoms with Crippen molar-refractivity contribution >= 4 is 16.5 Å². The standard InChI is InChI=1S/C16H13FN2/c1-10-8-15(18)16(19-9-10)13-6-7-14(17)12-5-3-2-4-11(12)13/h2-9H,18H2,1H3. The Bertz CT molecular complexity index is 766. The molecule has 0 saturated heterocycles. The van der Waals surface area contributed by atoms with Crippen LogP contribution in [0.1, 0.15) is 5.56 Å². The zero-order valence-electron chi connectivity index (χ0n) is 10.5. The minimum absolute atomic E-state index is 0.231. The van der Waals surface area contributed by atoms with E-state index >= 15 is 0 Å². The van der Waals surface area contributed by atoms with E-state index in [9.17, 15) is 4.39 Å². The van der Waals surface area contributed by atoms with Crippen LogP contribution < -0.4 is 5.73 Å². The molecule has 3 rings (SSSR count). The van der Waals surface area contributed by atoms with Gasteiger partial charge in [0.1, 0.15) is 5.82 Å². The predicted octanol–water partition coefficient (Wildman–Crippen LogP) is 3.93. The first-order valence-electron chi connectivity index (χ1n) is 6.06. The second-order valence-electron chi connectivity index (χ2n) is 4.59. The van der Waals surface area contributed by atoms with Gasteiger partial charge in [-0.25, -0.2) is 4.39 Å². The minimum atomic E-state index is -0.231. The first-order chi connectivity index (χ1) is 9.16. The fourth-order valence-corrected chi connectivity index (χ4v) is 2.29. The molecule has 0 bridgehead atoms. The van der Waals surface area contributed by atoms with Gasteiger partial charge in [-0.2, -0.15) is 0 Å².